The minimum atomic E-state index is -0.443. The van der Waals surface area contributed by atoms with Crippen molar-refractivity contribution in [3.63, 3.8) is 0 Å². The Kier molecular flexibility index (Phi) is 4.04. The molecule has 0 saturated carbocycles. The molecule has 0 aliphatic carbocycles. The number of amides is 1. The molecule has 4 heteroatoms. The second-order valence-corrected chi connectivity index (χ2v) is 6.58. The highest BCUT2D eigenvalue weighted by molar-refractivity contribution is 5.69. The number of nitrogens with two attached hydrogens (primary N) is 1. The number of hydrogen-bond donors (Lipinski definition) is 1. The quantitative estimate of drug-likeness (QED) is 0.903. The van der Waals surface area contributed by atoms with E-state index in [4.69, 9.17) is 10.5 Å². The number of rotatable bonds is 2. The average Bonchev–Trinajstić information content (AvgIpc) is 2.25. The molecular formula is C16H24N2O2. The van der Waals surface area contributed by atoms with E-state index < -0.39 is 5.60 Å². The second kappa shape index (κ2) is 5.44. The fourth-order valence-corrected chi connectivity index (χ4v) is 2.28. The monoisotopic (exact) mass is 276 g/mol. The van der Waals surface area contributed by atoms with E-state index in [0.29, 0.717) is 19.0 Å². The third kappa shape index (κ3) is 3.51. The van der Waals surface area contributed by atoms with Gasteiger partial charge in [-0.05, 0) is 33.3 Å². The molecule has 1 saturated heterocycles. The predicted octanol–water partition coefficient (Wildman–Crippen LogP) is 2.86. The summed E-state index contributed by atoms with van der Waals surface area (Å²) in [6.07, 6.45) is -0.246. The van der Waals surface area contributed by atoms with Gasteiger partial charge in [-0.3, -0.25) is 0 Å². The van der Waals surface area contributed by atoms with E-state index in [1.807, 2.05) is 20.8 Å². The van der Waals surface area contributed by atoms with Crippen LogP contribution in [-0.4, -0.2) is 29.7 Å². The molecule has 1 unspecified atom stereocenters. The van der Waals surface area contributed by atoms with Crippen LogP contribution in [0.15, 0.2) is 24.3 Å². The Morgan fingerprint density at radius 2 is 1.85 bits per heavy atom. The zero-order chi connectivity index (χ0) is 14.9. The van der Waals surface area contributed by atoms with Gasteiger partial charge >= 0.3 is 6.09 Å². The highest BCUT2D eigenvalue weighted by atomic mass is 16.6. The van der Waals surface area contributed by atoms with E-state index in [1.165, 1.54) is 5.56 Å². The van der Waals surface area contributed by atoms with Crippen molar-refractivity contribution < 1.29 is 9.53 Å². The first-order valence-electron chi connectivity index (χ1n) is 7.06. The summed E-state index contributed by atoms with van der Waals surface area (Å²) in [5.74, 6) is 0.310. The number of ether oxygens (including phenoxy) is 1. The van der Waals surface area contributed by atoms with Crippen molar-refractivity contribution in [2.24, 2.45) is 11.7 Å². The van der Waals surface area contributed by atoms with Crippen molar-refractivity contribution in [1.82, 2.24) is 4.90 Å². The molecule has 0 spiro atoms. The molecule has 1 amide bonds. The molecule has 4 nitrogen and oxygen atoms in total. The molecule has 0 radical (unpaired) electrons. The summed E-state index contributed by atoms with van der Waals surface area (Å²) in [5, 5.41) is 0. The molecular weight excluding hydrogens is 252 g/mol. The zero-order valence-electron chi connectivity index (χ0n) is 12.7. The molecule has 1 heterocycles. The normalized spacial score (nSPS) is 17.6. The van der Waals surface area contributed by atoms with Crippen LogP contribution >= 0.6 is 0 Å². The zero-order valence-corrected chi connectivity index (χ0v) is 12.7. The van der Waals surface area contributed by atoms with Crippen LogP contribution in [0.2, 0.25) is 0 Å². The predicted molar refractivity (Wildman–Crippen MR) is 79.4 cm³/mol. The molecule has 0 aromatic heterocycles. The Hall–Kier alpha value is -1.55. The van der Waals surface area contributed by atoms with E-state index in [9.17, 15) is 4.79 Å². The third-order valence-electron chi connectivity index (χ3n) is 3.53. The SMILES string of the molecule is Cc1ccc(C(N)C2CN(C(=O)OC(C)(C)C)C2)cc1. The maximum absolute atomic E-state index is 11.9. The van der Waals surface area contributed by atoms with Crippen LogP contribution in [0.1, 0.15) is 37.9 Å². The Morgan fingerprint density at radius 3 is 2.35 bits per heavy atom. The van der Waals surface area contributed by atoms with Gasteiger partial charge < -0.3 is 15.4 Å². The summed E-state index contributed by atoms with van der Waals surface area (Å²) < 4.78 is 5.34. The van der Waals surface area contributed by atoms with Crippen molar-refractivity contribution >= 4 is 6.09 Å². The first kappa shape index (κ1) is 14.9. The van der Waals surface area contributed by atoms with Gasteiger partial charge in [0, 0.05) is 25.0 Å². The van der Waals surface area contributed by atoms with Crippen LogP contribution < -0.4 is 5.73 Å². The summed E-state index contributed by atoms with van der Waals surface area (Å²) >= 11 is 0. The molecule has 2 N–H and O–H groups in total. The molecule has 1 aromatic carbocycles. The highest BCUT2D eigenvalue weighted by Crippen LogP contribution is 2.29. The van der Waals surface area contributed by atoms with Gasteiger partial charge in [0.2, 0.25) is 0 Å². The summed E-state index contributed by atoms with van der Waals surface area (Å²) in [4.78, 5) is 13.6. The van der Waals surface area contributed by atoms with Crippen molar-refractivity contribution in [3.8, 4) is 0 Å². The van der Waals surface area contributed by atoms with Crippen LogP contribution in [0.5, 0.6) is 0 Å². The molecule has 1 aromatic rings. The standard InChI is InChI=1S/C16H24N2O2/c1-11-5-7-12(8-6-11)14(17)13-9-18(10-13)15(19)20-16(2,3)4/h5-8,13-14H,9-10,17H2,1-4H3. The van der Waals surface area contributed by atoms with Crippen LogP contribution in [-0.2, 0) is 4.74 Å². The lowest BCUT2D eigenvalue weighted by Crippen LogP contribution is -2.54. The Balaban J connectivity index is 1.87. The largest absolute Gasteiger partial charge is 0.444 e. The summed E-state index contributed by atoms with van der Waals surface area (Å²) in [7, 11) is 0. The maximum Gasteiger partial charge on any atom is 0.410 e. The van der Waals surface area contributed by atoms with E-state index in [-0.39, 0.29) is 12.1 Å². The summed E-state index contributed by atoms with van der Waals surface area (Å²) in [6.45, 7) is 9.03. The first-order chi connectivity index (χ1) is 9.26. The van der Waals surface area contributed by atoms with E-state index >= 15 is 0 Å². The van der Waals surface area contributed by atoms with Gasteiger partial charge in [0.1, 0.15) is 5.60 Å². The fourth-order valence-electron chi connectivity index (χ4n) is 2.28. The second-order valence-electron chi connectivity index (χ2n) is 6.58. The van der Waals surface area contributed by atoms with Crippen LogP contribution in [0.3, 0.4) is 0 Å². The van der Waals surface area contributed by atoms with Gasteiger partial charge in [-0.25, -0.2) is 4.79 Å². The number of carbonyl (C=O) groups is 1. The molecule has 1 fully saturated rings. The minimum absolute atomic E-state index is 0.0192. The first-order valence-corrected chi connectivity index (χ1v) is 7.06. The van der Waals surface area contributed by atoms with Crippen molar-refractivity contribution in [2.75, 3.05) is 13.1 Å². The molecule has 1 aliphatic heterocycles. The van der Waals surface area contributed by atoms with Gasteiger partial charge in [0.15, 0.2) is 0 Å². The molecule has 110 valence electrons. The Morgan fingerprint density at radius 1 is 1.30 bits per heavy atom. The lowest BCUT2D eigenvalue weighted by molar-refractivity contribution is -0.00477. The smallest absolute Gasteiger partial charge is 0.410 e. The number of hydrogen-bond acceptors (Lipinski definition) is 3. The highest BCUT2D eigenvalue weighted by Gasteiger charge is 2.37. The summed E-state index contributed by atoms with van der Waals surface area (Å²) in [6, 6.07) is 8.25. The fraction of sp³-hybridized carbons (Fsp3) is 0.562. The van der Waals surface area contributed by atoms with E-state index in [2.05, 4.69) is 31.2 Å². The molecule has 0 bridgehead atoms. The van der Waals surface area contributed by atoms with Crippen molar-refractivity contribution in [1.29, 1.82) is 0 Å². The van der Waals surface area contributed by atoms with Crippen molar-refractivity contribution in [3.05, 3.63) is 35.4 Å². The average molecular weight is 276 g/mol. The van der Waals surface area contributed by atoms with Gasteiger partial charge in [-0.15, -0.1) is 0 Å². The van der Waals surface area contributed by atoms with E-state index in [1.54, 1.807) is 4.90 Å². The Bertz CT molecular complexity index is 470. The van der Waals surface area contributed by atoms with Gasteiger partial charge in [0.05, 0.1) is 0 Å². The minimum Gasteiger partial charge on any atom is -0.444 e. The molecule has 1 aliphatic rings. The van der Waals surface area contributed by atoms with E-state index in [0.717, 1.165) is 5.56 Å². The molecule has 20 heavy (non-hydrogen) atoms. The Labute approximate surface area is 120 Å². The van der Waals surface area contributed by atoms with Crippen LogP contribution in [0.4, 0.5) is 4.79 Å². The van der Waals surface area contributed by atoms with Crippen molar-refractivity contribution in [2.45, 2.75) is 39.3 Å². The lowest BCUT2D eigenvalue weighted by Gasteiger charge is -2.42. The topological polar surface area (TPSA) is 55.6 Å². The number of carbonyl (C=O) groups excluding carboxylic acids is 1. The number of aryl methyl sites for hydroxylation is 1. The van der Waals surface area contributed by atoms with Crippen LogP contribution in [0.25, 0.3) is 0 Å². The third-order valence-corrected chi connectivity index (χ3v) is 3.53. The van der Waals surface area contributed by atoms with Gasteiger partial charge in [0.25, 0.3) is 0 Å². The number of likely N-dealkylation sites (tertiary alicyclic amines) is 1. The number of nitrogens with zero attached hydrogens (tertiary/aromatic N) is 1. The molecule has 2 rings (SSSR count). The summed E-state index contributed by atoms with van der Waals surface area (Å²) in [5.41, 5.74) is 8.17. The maximum atomic E-state index is 11.9. The number of benzene rings is 1. The van der Waals surface area contributed by atoms with Crippen LogP contribution in [0, 0.1) is 12.8 Å². The van der Waals surface area contributed by atoms with Gasteiger partial charge in [-0.2, -0.15) is 0 Å². The van der Waals surface area contributed by atoms with Gasteiger partial charge in [-0.1, -0.05) is 29.8 Å². The lowest BCUT2D eigenvalue weighted by atomic mass is 9.87. The molecule has 1 atom stereocenters.